The van der Waals surface area contributed by atoms with E-state index in [9.17, 15) is 28.8 Å². The van der Waals surface area contributed by atoms with Crippen LogP contribution in [0.1, 0.15) is 135 Å². The fourth-order valence-corrected chi connectivity index (χ4v) is 6.62. The maximum Gasteiger partial charge on any atom is 0.306 e. The standard InChI is InChI=1S/C27H36O4.C25H34O4/c1-8-9-11-19(2)12-10-13-20(3)14-16-23-22(5)26(30)24(18-27(23,6)7)31-25(29)17-15-21(4)28;1-8-17(2)10-9-11-18(3)12-14-21-20(5)24(28)22(16-25(21,6)7)29-23(27)15-13-19(4)26/h8-14,16,24H,15,17-18H2,1-7H3;8-12,14,22H,13,15-16H2,1-7H3/b9-8+,12-10+,16-14+,19-11+,20-13+;10-9+,14-12+,17-8+,18-11+. The number of allylic oxidation sites excluding steroid dienone is 20. The Morgan fingerprint density at radius 3 is 1.25 bits per heavy atom. The molecule has 0 fully saturated rings. The van der Waals surface area contributed by atoms with Gasteiger partial charge in [-0.25, -0.2) is 0 Å². The fraction of sp³-hybridized carbons (Fsp3) is 0.462. The van der Waals surface area contributed by atoms with E-state index in [1.807, 2.05) is 154 Å². The molecule has 0 aromatic rings. The summed E-state index contributed by atoms with van der Waals surface area (Å²) < 4.78 is 10.8. The molecule has 0 aliphatic heterocycles. The van der Waals surface area contributed by atoms with Gasteiger partial charge in [-0.15, -0.1) is 0 Å². The van der Waals surface area contributed by atoms with Crippen molar-refractivity contribution in [3.63, 3.8) is 0 Å². The predicted molar refractivity (Wildman–Crippen MR) is 244 cm³/mol. The van der Waals surface area contributed by atoms with E-state index in [1.165, 1.54) is 19.4 Å². The van der Waals surface area contributed by atoms with Crippen LogP contribution in [0.2, 0.25) is 0 Å². The molecule has 0 bridgehead atoms. The quantitative estimate of drug-likeness (QED) is 0.105. The molecule has 8 heteroatoms. The molecule has 326 valence electrons. The van der Waals surface area contributed by atoms with E-state index in [-0.39, 0.29) is 59.6 Å². The Labute approximate surface area is 360 Å². The number of ketones is 4. The van der Waals surface area contributed by atoms with Crippen molar-refractivity contribution in [1.82, 2.24) is 0 Å². The number of rotatable bonds is 17. The van der Waals surface area contributed by atoms with Crippen LogP contribution in [0.4, 0.5) is 0 Å². The first-order valence-corrected chi connectivity index (χ1v) is 20.8. The second-order valence-electron chi connectivity index (χ2n) is 17.0. The molecule has 0 amide bonds. The molecular formula is C52H70O8. The topological polar surface area (TPSA) is 121 Å². The van der Waals surface area contributed by atoms with Gasteiger partial charge in [0.25, 0.3) is 0 Å². The van der Waals surface area contributed by atoms with E-state index < -0.39 is 24.1 Å². The van der Waals surface area contributed by atoms with Crippen molar-refractivity contribution < 1.29 is 38.2 Å². The third-order valence-corrected chi connectivity index (χ3v) is 10.4. The number of esters is 2. The molecule has 2 atom stereocenters. The second-order valence-corrected chi connectivity index (χ2v) is 17.0. The van der Waals surface area contributed by atoms with Crippen molar-refractivity contribution in [3.05, 3.63) is 130 Å². The van der Waals surface area contributed by atoms with Crippen LogP contribution < -0.4 is 0 Å². The lowest BCUT2D eigenvalue weighted by molar-refractivity contribution is -0.156. The minimum atomic E-state index is -0.793. The van der Waals surface area contributed by atoms with Gasteiger partial charge < -0.3 is 19.1 Å². The zero-order valence-electron chi connectivity index (χ0n) is 38.7. The summed E-state index contributed by atoms with van der Waals surface area (Å²) in [7, 11) is 0. The van der Waals surface area contributed by atoms with Crippen LogP contribution in [0.5, 0.6) is 0 Å². The third kappa shape index (κ3) is 18.8. The molecule has 60 heavy (non-hydrogen) atoms. The molecule has 2 aliphatic carbocycles. The van der Waals surface area contributed by atoms with Gasteiger partial charge >= 0.3 is 11.9 Å². The van der Waals surface area contributed by atoms with Gasteiger partial charge in [-0.3, -0.25) is 19.2 Å². The first-order valence-electron chi connectivity index (χ1n) is 20.8. The number of ether oxygens (including phenoxy) is 2. The molecule has 0 saturated carbocycles. The SMILES string of the molecule is C/C=C(C)/C=C/C=C(C)/C=C/C1=C(C)C(=O)C(OC(=O)CCC(C)=O)CC1(C)C.C/C=C/C=C(C)/C=C/C=C(C)/C=C/C1=C(C)C(=O)C(OC(=O)CCC(C)=O)CC1(C)C. The van der Waals surface area contributed by atoms with Gasteiger partial charge in [-0.1, -0.05) is 135 Å². The van der Waals surface area contributed by atoms with Gasteiger partial charge in [0.1, 0.15) is 11.6 Å². The number of Topliss-reactive ketones (excluding diaryl/α,β-unsaturated/α-hetero) is 4. The maximum absolute atomic E-state index is 12.8. The molecule has 0 N–H and O–H groups in total. The number of hydrogen-bond donors (Lipinski definition) is 0. The van der Waals surface area contributed by atoms with E-state index in [4.69, 9.17) is 9.47 Å². The molecule has 0 aromatic heterocycles. The number of carbonyl (C=O) groups excluding carboxylic acids is 6. The van der Waals surface area contributed by atoms with Gasteiger partial charge in [-0.2, -0.15) is 0 Å². The van der Waals surface area contributed by atoms with E-state index in [2.05, 4.69) is 0 Å². The smallest absolute Gasteiger partial charge is 0.306 e. The van der Waals surface area contributed by atoms with Gasteiger partial charge in [-0.05, 0) is 102 Å². The normalized spacial score (nSPS) is 20.5. The Morgan fingerprint density at radius 2 is 0.900 bits per heavy atom. The molecule has 0 heterocycles. The molecule has 0 radical (unpaired) electrons. The molecule has 0 spiro atoms. The van der Waals surface area contributed by atoms with Crippen molar-refractivity contribution in [2.75, 3.05) is 0 Å². The van der Waals surface area contributed by atoms with Crippen LogP contribution in [0.25, 0.3) is 0 Å². The van der Waals surface area contributed by atoms with Crippen LogP contribution in [-0.4, -0.2) is 47.3 Å². The van der Waals surface area contributed by atoms with Gasteiger partial charge in [0, 0.05) is 25.7 Å². The Hall–Kier alpha value is -5.24. The lowest BCUT2D eigenvalue weighted by Crippen LogP contribution is -2.39. The summed E-state index contributed by atoms with van der Waals surface area (Å²) in [6.07, 6.45) is 27.8. The summed E-state index contributed by atoms with van der Waals surface area (Å²) in [4.78, 5) is 71.6. The molecular weight excluding hydrogens is 753 g/mol. The lowest BCUT2D eigenvalue weighted by Gasteiger charge is -2.36. The lowest BCUT2D eigenvalue weighted by atomic mass is 9.71. The predicted octanol–water partition coefficient (Wildman–Crippen LogP) is 11.8. The highest BCUT2D eigenvalue weighted by atomic mass is 16.6. The van der Waals surface area contributed by atoms with Crippen molar-refractivity contribution >= 4 is 35.1 Å². The summed E-state index contributed by atoms with van der Waals surface area (Å²) in [5.41, 5.74) is 7.02. The van der Waals surface area contributed by atoms with Crippen molar-refractivity contribution in [3.8, 4) is 0 Å². The number of carbonyl (C=O) groups is 6. The zero-order valence-corrected chi connectivity index (χ0v) is 38.7. The second kappa shape index (κ2) is 25.4. The Bertz CT molecular complexity index is 1960. The minimum absolute atomic E-state index is 0.00989. The highest BCUT2D eigenvalue weighted by molar-refractivity contribution is 6.02. The molecule has 0 saturated heterocycles. The first kappa shape index (κ1) is 52.8. The molecule has 8 nitrogen and oxygen atoms in total. The minimum Gasteiger partial charge on any atom is -0.454 e. The Kier molecular flexibility index (Phi) is 22.3. The number of hydrogen-bond acceptors (Lipinski definition) is 8. The summed E-state index contributed by atoms with van der Waals surface area (Å²) in [5, 5.41) is 0. The first-order chi connectivity index (χ1) is 27.9. The zero-order chi connectivity index (χ0) is 45.8. The summed E-state index contributed by atoms with van der Waals surface area (Å²) in [5.74, 6) is -1.46. The van der Waals surface area contributed by atoms with E-state index in [1.54, 1.807) is 13.8 Å². The van der Waals surface area contributed by atoms with Crippen LogP contribution in [0, 0.1) is 10.8 Å². The van der Waals surface area contributed by atoms with Crippen molar-refractivity contribution in [2.45, 2.75) is 148 Å². The van der Waals surface area contributed by atoms with Crippen LogP contribution in [0.3, 0.4) is 0 Å². The third-order valence-electron chi connectivity index (χ3n) is 10.4. The Morgan fingerprint density at radius 1 is 0.550 bits per heavy atom. The van der Waals surface area contributed by atoms with E-state index in [0.29, 0.717) is 24.0 Å². The van der Waals surface area contributed by atoms with Crippen LogP contribution in [-0.2, 0) is 38.2 Å². The van der Waals surface area contributed by atoms with Gasteiger partial charge in [0.15, 0.2) is 23.8 Å². The van der Waals surface area contributed by atoms with Crippen LogP contribution >= 0.6 is 0 Å². The highest BCUT2D eigenvalue weighted by Gasteiger charge is 2.41. The summed E-state index contributed by atoms with van der Waals surface area (Å²) in [6.45, 7) is 26.7. The molecule has 0 aromatic carbocycles. The van der Waals surface area contributed by atoms with E-state index >= 15 is 0 Å². The largest absolute Gasteiger partial charge is 0.454 e. The summed E-state index contributed by atoms with van der Waals surface area (Å²) >= 11 is 0. The van der Waals surface area contributed by atoms with Crippen molar-refractivity contribution in [1.29, 1.82) is 0 Å². The maximum atomic E-state index is 12.8. The van der Waals surface area contributed by atoms with Gasteiger partial charge in [0.2, 0.25) is 0 Å². The highest BCUT2D eigenvalue weighted by Crippen LogP contribution is 2.42. The van der Waals surface area contributed by atoms with E-state index in [0.717, 1.165) is 27.9 Å². The molecule has 2 aliphatic rings. The summed E-state index contributed by atoms with van der Waals surface area (Å²) in [6, 6.07) is 0. The molecule has 2 unspecified atom stereocenters. The average molecular weight is 823 g/mol. The van der Waals surface area contributed by atoms with Gasteiger partial charge in [0.05, 0.1) is 12.8 Å². The Balaban J connectivity index is 0.000000601. The van der Waals surface area contributed by atoms with Crippen LogP contribution in [0.15, 0.2) is 130 Å². The van der Waals surface area contributed by atoms with Crippen molar-refractivity contribution in [2.24, 2.45) is 10.8 Å². The fourth-order valence-electron chi connectivity index (χ4n) is 6.62. The molecule has 2 rings (SSSR count). The monoisotopic (exact) mass is 823 g/mol. The average Bonchev–Trinajstić information content (AvgIpc) is 3.16.